The molecule has 36 heavy (non-hydrogen) atoms. The van der Waals surface area contributed by atoms with E-state index in [1.807, 2.05) is 77.4 Å². The molecule has 2 aromatic carbocycles. The van der Waals surface area contributed by atoms with Gasteiger partial charge < -0.3 is 14.8 Å². The Morgan fingerprint density at radius 2 is 1.56 bits per heavy atom. The van der Waals surface area contributed by atoms with E-state index in [2.05, 4.69) is 25.4 Å². The van der Waals surface area contributed by atoms with Crippen LogP contribution in [0.1, 0.15) is 53.6 Å². The van der Waals surface area contributed by atoms with Crippen molar-refractivity contribution in [3.63, 3.8) is 0 Å². The van der Waals surface area contributed by atoms with E-state index >= 15 is 0 Å². The topological polar surface area (TPSA) is 69.2 Å². The number of carbonyl (C=O) groups is 2. The molecule has 194 valence electrons. The molecule has 5 nitrogen and oxygen atoms in total. The van der Waals surface area contributed by atoms with Gasteiger partial charge in [0.1, 0.15) is 18.2 Å². The summed E-state index contributed by atoms with van der Waals surface area (Å²) in [6.07, 6.45) is 2.72. The maximum absolute atomic E-state index is 13.5. The molecular formula is C29H37ClNO4S+. The molecule has 3 rings (SSSR count). The Bertz CT molecular complexity index is 1020. The Kier molecular flexibility index (Phi) is 13.3. The summed E-state index contributed by atoms with van der Waals surface area (Å²) in [6.45, 7) is 5.05. The molecule has 0 bridgehead atoms. The number of ether oxygens (including phenoxy) is 2. The highest BCUT2D eigenvalue weighted by Gasteiger charge is 2.32. The number of hydrogen-bond donors (Lipinski definition) is 1. The maximum Gasteiger partial charge on any atom is 0.315 e. The molecule has 0 aliphatic rings. The van der Waals surface area contributed by atoms with Gasteiger partial charge in [-0.25, -0.2) is 0 Å². The molecule has 0 saturated carbocycles. The summed E-state index contributed by atoms with van der Waals surface area (Å²) in [5, 5.41) is 3.84. The highest BCUT2D eigenvalue weighted by atomic mass is 35.5. The SMILES string of the molecule is CCC(CC)C(C[NH2+]CC(=O)c1cccs1)C(=O)OC(c1ccccc1)c1ccc(OC)cc1.CCl. The van der Waals surface area contributed by atoms with Crippen molar-refractivity contribution in [2.45, 2.75) is 32.8 Å². The number of ketones is 1. The van der Waals surface area contributed by atoms with Crippen molar-refractivity contribution in [1.29, 1.82) is 0 Å². The number of rotatable bonds is 13. The van der Waals surface area contributed by atoms with E-state index in [1.165, 1.54) is 17.7 Å². The van der Waals surface area contributed by atoms with Gasteiger partial charge in [-0.2, -0.15) is 0 Å². The van der Waals surface area contributed by atoms with Gasteiger partial charge in [0.2, 0.25) is 5.78 Å². The summed E-state index contributed by atoms with van der Waals surface area (Å²) in [5.41, 5.74) is 1.81. The van der Waals surface area contributed by atoms with Gasteiger partial charge in [-0.05, 0) is 40.6 Å². The summed E-state index contributed by atoms with van der Waals surface area (Å²) in [7, 11) is 1.63. The lowest BCUT2D eigenvalue weighted by Crippen LogP contribution is -2.87. The minimum Gasteiger partial charge on any atom is -0.497 e. The number of Topliss-reactive ketones (excluding diaryl/α,β-unsaturated/α-hetero) is 1. The number of nitrogens with two attached hydrogens (primary N) is 1. The largest absolute Gasteiger partial charge is 0.497 e. The van der Waals surface area contributed by atoms with Crippen molar-refractivity contribution >= 4 is 34.7 Å². The van der Waals surface area contributed by atoms with Gasteiger partial charge in [-0.3, -0.25) is 9.59 Å². The fraction of sp³-hybridized carbons (Fsp3) is 0.379. The van der Waals surface area contributed by atoms with E-state index in [4.69, 9.17) is 9.47 Å². The highest BCUT2D eigenvalue weighted by molar-refractivity contribution is 7.12. The first-order valence-electron chi connectivity index (χ1n) is 12.2. The van der Waals surface area contributed by atoms with Crippen molar-refractivity contribution in [2.75, 3.05) is 26.6 Å². The lowest BCUT2D eigenvalue weighted by atomic mass is 9.87. The number of esters is 1. The summed E-state index contributed by atoms with van der Waals surface area (Å²) in [4.78, 5) is 26.7. The molecule has 0 radical (unpaired) electrons. The fourth-order valence-corrected chi connectivity index (χ4v) is 4.88. The molecule has 1 aromatic heterocycles. The highest BCUT2D eigenvalue weighted by Crippen LogP contribution is 2.30. The second kappa shape index (κ2) is 16.1. The maximum atomic E-state index is 13.5. The molecule has 7 heteroatoms. The number of hydrogen-bond acceptors (Lipinski definition) is 5. The minimum absolute atomic E-state index is 0.0899. The fourth-order valence-electron chi connectivity index (χ4n) is 4.21. The first-order chi connectivity index (χ1) is 17.6. The molecule has 0 fully saturated rings. The summed E-state index contributed by atoms with van der Waals surface area (Å²) in [5.74, 6) is 0.510. The quantitative estimate of drug-likeness (QED) is 0.174. The average molecular weight is 531 g/mol. The van der Waals surface area contributed by atoms with Crippen LogP contribution in [0.5, 0.6) is 5.75 Å². The van der Waals surface area contributed by atoms with Gasteiger partial charge in [0.05, 0.1) is 18.5 Å². The van der Waals surface area contributed by atoms with Crippen molar-refractivity contribution in [3.05, 3.63) is 88.1 Å². The van der Waals surface area contributed by atoms with E-state index < -0.39 is 6.10 Å². The Morgan fingerprint density at radius 3 is 2.11 bits per heavy atom. The van der Waals surface area contributed by atoms with E-state index in [9.17, 15) is 9.59 Å². The second-order valence-electron chi connectivity index (χ2n) is 8.31. The number of methoxy groups -OCH3 is 1. The second-order valence-corrected chi connectivity index (χ2v) is 9.26. The van der Waals surface area contributed by atoms with Gasteiger partial charge >= 0.3 is 5.97 Å². The van der Waals surface area contributed by atoms with Crippen molar-refractivity contribution < 1.29 is 24.4 Å². The lowest BCUT2D eigenvalue weighted by Gasteiger charge is -2.26. The first-order valence-corrected chi connectivity index (χ1v) is 13.9. The summed E-state index contributed by atoms with van der Waals surface area (Å²) in [6, 6.07) is 21.1. The zero-order valence-corrected chi connectivity index (χ0v) is 23.1. The van der Waals surface area contributed by atoms with Crippen molar-refractivity contribution in [1.82, 2.24) is 0 Å². The number of carbonyl (C=O) groups excluding carboxylic acids is 2. The van der Waals surface area contributed by atoms with Gasteiger partial charge in [0.25, 0.3) is 0 Å². The van der Waals surface area contributed by atoms with Crippen LogP contribution in [0.4, 0.5) is 0 Å². The normalized spacial score (nSPS) is 12.3. The Hall–Kier alpha value is -2.67. The summed E-state index contributed by atoms with van der Waals surface area (Å²) < 4.78 is 11.5. The third kappa shape index (κ3) is 8.47. The molecule has 0 saturated heterocycles. The van der Waals surface area contributed by atoms with Crippen molar-refractivity contribution in [3.8, 4) is 5.75 Å². The molecule has 0 spiro atoms. The minimum atomic E-state index is -0.510. The van der Waals surface area contributed by atoms with Crippen LogP contribution in [0.15, 0.2) is 72.1 Å². The molecule has 2 N–H and O–H groups in total. The number of benzene rings is 2. The first kappa shape index (κ1) is 29.6. The van der Waals surface area contributed by atoms with Gasteiger partial charge in [0, 0.05) is 6.38 Å². The van der Waals surface area contributed by atoms with E-state index in [1.54, 1.807) is 7.11 Å². The zero-order valence-electron chi connectivity index (χ0n) is 21.5. The third-order valence-corrected chi connectivity index (χ3v) is 7.13. The van der Waals surface area contributed by atoms with Gasteiger partial charge in [-0.1, -0.05) is 75.2 Å². The van der Waals surface area contributed by atoms with Crippen LogP contribution in [0.3, 0.4) is 0 Å². The molecule has 2 unspecified atom stereocenters. The third-order valence-electron chi connectivity index (χ3n) is 6.22. The number of thiophene rings is 1. The van der Waals surface area contributed by atoms with Crippen LogP contribution in [0.2, 0.25) is 0 Å². The van der Waals surface area contributed by atoms with Crippen LogP contribution < -0.4 is 10.1 Å². The molecule has 0 aliphatic carbocycles. The molecule has 3 aromatic rings. The summed E-state index contributed by atoms with van der Waals surface area (Å²) >= 11 is 6.09. The predicted molar refractivity (Wildman–Crippen MR) is 147 cm³/mol. The van der Waals surface area contributed by atoms with Crippen LogP contribution in [-0.2, 0) is 9.53 Å². The molecule has 0 amide bonds. The molecular weight excluding hydrogens is 494 g/mol. The van der Waals surface area contributed by atoms with Gasteiger partial charge in [-0.15, -0.1) is 22.9 Å². The van der Waals surface area contributed by atoms with Crippen LogP contribution in [0.25, 0.3) is 0 Å². The number of quaternary nitrogens is 1. The van der Waals surface area contributed by atoms with Crippen LogP contribution in [-0.4, -0.2) is 38.3 Å². The molecule has 0 aliphatic heterocycles. The van der Waals surface area contributed by atoms with E-state index in [0.29, 0.717) is 13.1 Å². The van der Waals surface area contributed by atoms with Crippen LogP contribution in [0, 0.1) is 11.8 Å². The zero-order chi connectivity index (χ0) is 26.3. The molecule has 1 heterocycles. The molecule has 2 atom stereocenters. The Labute approximate surface area is 223 Å². The predicted octanol–water partition coefficient (Wildman–Crippen LogP) is 5.74. The standard InChI is InChI=1S/C28H33NO4S.CH3Cl/c1-4-20(5-2)24(18-29-19-25(30)26-12-9-17-34-26)28(31)33-27(21-10-7-6-8-11-21)22-13-15-23(32-3)16-14-22;1-2/h6-17,20,24,27,29H,4-5,18-19H2,1-3H3;1H3/p+1. The average Bonchev–Trinajstić information content (AvgIpc) is 3.48. The Balaban J connectivity index is 0.00000222. The van der Waals surface area contributed by atoms with Crippen molar-refractivity contribution in [2.24, 2.45) is 11.8 Å². The Morgan fingerprint density at radius 1 is 0.917 bits per heavy atom. The number of alkyl halides is 1. The van der Waals surface area contributed by atoms with E-state index in [-0.39, 0.29) is 23.6 Å². The van der Waals surface area contributed by atoms with Gasteiger partial charge in [0.15, 0.2) is 6.10 Å². The van der Waals surface area contributed by atoms with E-state index in [0.717, 1.165) is 34.6 Å². The number of halogens is 1. The van der Waals surface area contributed by atoms with Crippen LogP contribution >= 0.6 is 22.9 Å². The monoisotopic (exact) mass is 530 g/mol. The smallest absolute Gasteiger partial charge is 0.315 e. The lowest BCUT2D eigenvalue weighted by molar-refractivity contribution is -0.647.